The average Bonchev–Trinajstić information content (AvgIpc) is 3.04. The van der Waals surface area contributed by atoms with E-state index in [1.165, 1.54) is 0 Å². The topological polar surface area (TPSA) is 80.1 Å². The highest BCUT2D eigenvalue weighted by Gasteiger charge is 2.22. The number of nitrogens with zero attached hydrogens (tertiary/aromatic N) is 2. The monoisotopic (exact) mass is 272 g/mol. The van der Waals surface area contributed by atoms with Gasteiger partial charge in [0.2, 0.25) is 11.8 Å². The molecule has 0 spiro atoms. The summed E-state index contributed by atoms with van der Waals surface area (Å²) < 4.78 is 5.29. The fraction of sp³-hybridized carbons (Fsp3) is 0.727. The third-order valence-electron chi connectivity index (χ3n) is 2.57. The molecule has 1 aliphatic rings. The molecule has 18 heavy (non-hydrogen) atoms. The Bertz CT molecular complexity index is 392. The van der Waals surface area contributed by atoms with Crippen LogP contribution in [-0.2, 0) is 11.2 Å². The van der Waals surface area contributed by atoms with E-state index in [1.54, 1.807) is 0 Å². The first-order chi connectivity index (χ1) is 8.78. The van der Waals surface area contributed by atoms with Crippen LogP contribution in [0.1, 0.15) is 31.6 Å². The molecule has 1 saturated carbocycles. The number of anilines is 1. The predicted molar refractivity (Wildman–Crippen MR) is 67.6 cm³/mol. The van der Waals surface area contributed by atoms with Crippen LogP contribution < -0.4 is 10.6 Å². The normalized spacial score (nSPS) is 14.5. The molecule has 1 aromatic heterocycles. The van der Waals surface area contributed by atoms with E-state index < -0.39 is 0 Å². The van der Waals surface area contributed by atoms with Gasteiger partial charge in [-0.2, -0.15) is 0 Å². The molecule has 2 N–H and O–H groups in total. The molecule has 0 unspecified atom stereocenters. The molecule has 0 radical (unpaired) electrons. The molecule has 1 heterocycles. The van der Waals surface area contributed by atoms with Crippen LogP contribution in [0.5, 0.6) is 0 Å². The van der Waals surface area contributed by atoms with E-state index in [2.05, 4.69) is 20.8 Å². The Morgan fingerprint density at radius 1 is 1.44 bits per heavy atom. The fourth-order valence-electron chi connectivity index (χ4n) is 1.48. The number of hydrogen-bond donors (Lipinski definition) is 2. The van der Waals surface area contributed by atoms with Gasteiger partial charge in [-0.15, -0.1) is 16.7 Å². The number of halogens is 1. The van der Waals surface area contributed by atoms with E-state index in [0.29, 0.717) is 43.2 Å². The molecule has 2 rings (SSSR count). The maximum atomic E-state index is 11.4. The second-order valence-corrected chi connectivity index (χ2v) is 4.69. The second-order valence-electron chi connectivity index (χ2n) is 4.31. The number of carbonyl (C=O) groups is 1. The highest BCUT2D eigenvalue weighted by atomic mass is 35.5. The summed E-state index contributed by atoms with van der Waals surface area (Å²) in [6.45, 7) is 0.639. The highest BCUT2D eigenvalue weighted by Crippen LogP contribution is 2.18. The van der Waals surface area contributed by atoms with Gasteiger partial charge in [-0.25, -0.2) is 0 Å². The van der Waals surface area contributed by atoms with E-state index in [1.807, 2.05) is 0 Å². The quantitative estimate of drug-likeness (QED) is 0.551. The molecule has 7 heteroatoms. The summed E-state index contributed by atoms with van der Waals surface area (Å²) in [6.07, 6.45) is 4.07. The Morgan fingerprint density at radius 2 is 2.28 bits per heavy atom. The van der Waals surface area contributed by atoms with Crippen LogP contribution in [0.4, 0.5) is 6.01 Å². The molecular formula is C11H17ClN4O2. The Hall–Kier alpha value is -1.30. The molecule has 0 bridgehead atoms. The molecule has 6 nitrogen and oxygen atoms in total. The minimum atomic E-state index is 0.118. The fourth-order valence-corrected chi connectivity index (χ4v) is 1.64. The van der Waals surface area contributed by atoms with Crippen LogP contribution >= 0.6 is 11.6 Å². The van der Waals surface area contributed by atoms with Gasteiger partial charge in [0.25, 0.3) is 0 Å². The number of alkyl halides is 1. The van der Waals surface area contributed by atoms with Crippen LogP contribution in [0.3, 0.4) is 0 Å². The smallest absolute Gasteiger partial charge is 0.315 e. The Labute approximate surface area is 110 Å². The maximum absolute atomic E-state index is 11.4. The zero-order chi connectivity index (χ0) is 12.8. The van der Waals surface area contributed by atoms with E-state index in [4.69, 9.17) is 16.0 Å². The molecule has 0 aliphatic heterocycles. The van der Waals surface area contributed by atoms with Crippen LogP contribution in [0.15, 0.2) is 4.42 Å². The standard InChI is InChI=1S/C11H17ClN4O2/c12-6-5-10-15-16-11(18-10)13-7-1-2-9(17)14-8-3-4-8/h8H,1-7H2,(H,13,16)(H,14,17). The summed E-state index contributed by atoms with van der Waals surface area (Å²) >= 11 is 5.56. The highest BCUT2D eigenvalue weighted by molar-refractivity contribution is 6.17. The Balaban J connectivity index is 1.57. The summed E-state index contributed by atoms with van der Waals surface area (Å²) in [5, 5.41) is 13.6. The van der Waals surface area contributed by atoms with Gasteiger partial charge in [-0.1, -0.05) is 5.10 Å². The zero-order valence-electron chi connectivity index (χ0n) is 10.1. The molecule has 1 fully saturated rings. The Kier molecular flexibility index (Phi) is 4.81. The SMILES string of the molecule is O=C(CCCNc1nnc(CCCl)o1)NC1CC1. The number of aromatic nitrogens is 2. The maximum Gasteiger partial charge on any atom is 0.315 e. The van der Waals surface area contributed by atoms with Gasteiger partial charge in [0.1, 0.15) is 0 Å². The van der Waals surface area contributed by atoms with Crippen molar-refractivity contribution in [2.75, 3.05) is 17.7 Å². The lowest BCUT2D eigenvalue weighted by molar-refractivity contribution is -0.121. The molecule has 100 valence electrons. The van der Waals surface area contributed by atoms with E-state index >= 15 is 0 Å². The summed E-state index contributed by atoms with van der Waals surface area (Å²) in [5.41, 5.74) is 0. The van der Waals surface area contributed by atoms with Crippen molar-refractivity contribution in [1.29, 1.82) is 0 Å². The molecule has 1 aromatic rings. The molecule has 0 saturated heterocycles. The minimum Gasteiger partial charge on any atom is -0.408 e. The zero-order valence-corrected chi connectivity index (χ0v) is 10.9. The number of amides is 1. The first-order valence-corrected chi connectivity index (χ1v) is 6.73. The second kappa shape index (κ2) is 6.58. The molecule has 1 aliphatic carbocycles. The van der Waals surface area contributed by atoms with Gasteiger partial charge in [0.05, 0.1) is 0 Å². The van der Waals surface area contributed by atoms with Crippen molar-refractivity contribution in [1.82, 2.24) is 15.5 Å². The van der Waals surface area contributed by atoms with Crippen LogP contribution in [0.2, 0.25) is 0 Å². The van der Waals surface area contributed by atoms with E-state index in [0.717, 1.165) is 19.3 Å². The van der Waals surface area contributed by atoms with Gasteiger partial charge in [0, 0.05) is 31.3 Å². The van der Waals surface area contributed by atoms with Crippen molar-refractivity contribution in [2.45, 2.75) is 38.1 Å². The third kappa shape index (κ3) is 4.52. The van der Waals surface area contributed by atoms with Crippen molar-refractivity contribution in [3.63, 3.8) is 0 Å². The van der Waals surface area contributed by atoms with Gasteiger partial charge in [0.15, 0.2) is 0 Å². The van der Waals surface area contributed by atoms with Crippen LogP contribution in [-0.4, -0.2) is 34.6 Å². The summed E-state index contributed by atoms with van der Waals surface area (Å²) in [4.78, 5) is 11.4. The van der Waals surface area contributed by atoms with Gasteiger partial charge < -0.3 is 15.1 Å². The molecule has 0 aromatic carbocycles. The summed E-state index contributed by atoms with van der Waals surface area (Å²) in [5.74, 6) is 1.11. The largest absolute Gasteiger partial charge is 0.408 e. The number of hydrogen-bond acceptors (Lipinski definition) is 5. The third-order valence-corrected chi connectivity index (χ3v) is 2.76. The average molecular weight is 273 g/mol. The van der Waals surface area contributed by atoms with Crippen molar-refractivity contribution < 1.29 is 9.21 Å². The van der Waals surface area contributed by atoms with Crippen LogP contribution in [0, 0.1) is 0 Å². The lowest BCUT2D eigenvalue weighted by Gasteiger charge is -2.03. The van der Waals surface area contributed by atoms with Crippen molar-refractivity contribution in [3.05, 3.63) is 5.89 Å². The minimum absolute atomic E-state index is 0.118. The first kappa shape index (κ1) is 13.1. The lowest BCUT2D eigenvalue weighted by atomic mass is 10.3. The van der Waals surface area contributed by atoms with E-state index in [-0.39, 0.29) is 5.91 Å². The Morgan fingerprint density at radius 3 is 3.00 bits per heavy atom. The lowest BCUT2D eigenvalue weighted by Crippen LogP contribution is -2.25. The van der Waals surface area contributed by atoms with Gasteiger partial charge >= 0.3 is 6.01 Å². The van der Waals surface area contributed by atoms with Crippen molar-refractivity contribution in [3.8, 4) is 0 Å². The number of nitrogens with one attached hydrogen (secondary N) is 2. The van der Waals surface area contributed by atoms with Gasteiger partial charge in [-0.05, 0) is 19.3 Å². The van der Waals surface area contributed by atoms with Crippen molar-refractivity contribution >= 4 is 23.5 Å². The number of aryl methyl sites for hydroxylation is 1. The first-order valence-electron chi connectivity index (χ1n) is 6.19. The van der Waals surface area contributed by atoms with Crippen LogP contribution in [0.25, 0.3) is 0 Å². The molecular weight excluding hydrogens is 256 g/mol. The number of carbonyl (C=O) groups excluding carboxylic acids is 1. The predicted octanol–water partition coefficient (Wildman–Crippen LogP) is 1.32. The number of rotatable bonds is 8. The van der Waals surface area contributed by atoms with Crippen molar-refractivity contribution in [2.24, 2.45) is 0 Å². The molecule has 0 atom stereocenters. The van der Waals surface area contributed by atoms with E-state index in [9.17, 15) is 4.79 Å². The van der Waals surface area contributed by atoms with Gasteiger partial charge in [-0.3, -0.25) is 4.79 Å². The summed E-state index contributed by atoms with van der Waals surface area (Å²) in [7, 11) is 0. The molecule has 1 amide bonds. The summed E-state index contributed by atoms with van der Waals surface area (Å²) in [6, 6.07) is 0.817.